The number of carbonyl (C=O) groups excluding carboxylic acids is 2. The van der Waals surface area contributed by atoms with Crippen molar-refractivity contribution in [2.45, 2.75) is 64.8 Å². The molecule has 1 saturated heterocycles. The largest absolute Gasteiger partial charge is 0.353 e. The van der Waals surface area contributed by atoms with Crippen molar-refractivity contribution in [3.05, 3.63) is 11.6 Å². The van der Waals surface area contributed by atoms with E-state index in [1.807, 2.05) is 18.7 Å². The summed E-state index contributed by atoms with van der Waals surface area (Å²) in [5, 5.41) is 3.20. The molecule has 21 heavy (non-hydrogen) atoms. The molecule has 4 nitrogen and oxygen atoms in total. The Morgan fingerprint density at radius 3 is 2.19 bits per heavy atom. The summed E-state index contributed by atoms with van der Waals surface area (Å²) in [4.78, 5) is 26.1. The predicted octanol–water partition coefficient (Wildman–Crippen LogP) is 2.64. The minimum Gasteiger partial charge on any atom is -0.353 e. The van der Waals surface area contributed by atoms with Crippen molar-refractivity contribution in [1.82, 2.24) is 10.2 Å². The van der Waals surface area contributed by atoms with Gasteiger partial charge in [-0.1, -0.05) is 24.8 Å². The lowest BCUT2D eigenvalue weighted by Gasteiger charge is -2.33. The van der Waals surface area contributed by atoms with Gasteiger partial charge in [0.1, 0.15) is 0 Å². The normalized spacial score (nSPS) is 21.0. The molecular weight excluding hydrogens is 264 g/mol. The third kappa shape index (κ3) is 4.87. The number of likely N-dealkylation sites (tertiary alicyclic amines) is 1. The Morgan fingerprint density at radius 1 is 1.00 bits per heavy atom. The number of hydrogen-bond acceptors (Lipinski definition) is 2. The molecule has 1 aliphatic carbocycles. The van der Waals surface area contributed by atoms with Gasteiger partial charge in [-0.3, -0.25) is 9.59 Å². The summed E-state index contributed by atoms with van der Waals surface area (Å²) in [6.07, 6.45) is 9.19. The van der Waals surface area contributed by atoms with Gasteiger partial charge in [-0.05, 0) is 39.5 Å². The molecular formula is C17H28N2O2. The minimum absolute atomic E-state index is 0.104. The van der Waals surface area contributed by atoms with E-state index in [4.69, 9.17) is 0 Å². The van der Waals surface area contributed by atoms with E-state index in [1.54, 1.807) is 6.08 Å². The van der Waals surface area contributed by atoms with Crippen LogP contribution in [0.1, 0.15) is 58.8 Å². The highest BCUT2D eigenvalue weighted by Crippen LogP contribution is 2.24. The van der Waals surface area contributed by atoms with E-state index >= 15 is 0 Å². The first-order valence-electron chi connectivity index (χ1n) is 8.30. The lowest BCUT2D eigenvalue weighted by atomic mass is 9.88. The molecule has 4 heteroatoms. The van der Waals surface area contributed by atoms with Crippen LogP contribution in [0.5, 0.6) is 0 Å². The van der Waals surface area contributed by atoms with Crippen LogP contribution in [-0.4, -0.2) is 35.8 Å². The second kappa shape index (κ2) is 7.62. The number of carbonyl (C=O) groups is 2. The maximum absolute atomic E-state index is 12.2. The number of piperidine rings is 1. The zero-order valence-corrected chi connectivity index (χ0v) is 13.4. The van der Waals surface area contributed by atoms with Gasteiger partial charge in [0, 0.05) is 31.1 Å². The van der Waals surface area contributed by atoms with Gasteiger partial charge in [0.15, 0.2) is 0 Å². The van der Waals surface area contributed by atoms with Crippen molar-refractivity contribution in [2.75, 3.05) is 13.1 Å². The SMILES string of the molecule is CC(C)=CC(=O)N1CCC(NC(=O)C2CCCCC2)CC1. The molecule has 0 aromatic heterocycles. The van der Waals surface area contributed by atoms with Crippen molar-refractivity contribution in [1.29, 1.82) is 0 Å². The number of nitrogens with zero attached hydrogens (tertiary/aromatic N) is 1. The molecule has 0 aromatic rings. The molecule has 0 spiro atoms. The van der Waals surface area contributed by atoms with E-state index in [2.05, 4.69) is 5.32 Å². The summed E-state index contributed by atoms with van der Waals surface area (Å²) in [6, 6.07) is 0.246. The summed E-state index contributed by atoms with van der Waals surface area (Å²) in [5.41, 5.74) is 1.03. The quantitative estimate of drug-likeness (QED) is 0.813. The number of amides is 2. The summed E-state index contributed by atoms with van der Waals surface area (Å²) in [6.45, 7) is 5.38. The van der Waals surface area contributed by atoms with E-state index < -0.39 is 0 Å². The predicted molar refractivity (Wildman–Crippen MR) is 83.8 cm³/mol. The Balaban J connectivity index is 1.75. The van der Waals surface area contributed by atoms with Crippen LogP contribution in [0.25, 0.3) is 0 Å². The summed E-state index contributed by atoms with van der Waals surface area (Å²) >= 11 is 0. The zero-order chi connectivity index (χ0) is 15.2. The molecule has 1 aliphatic heterocycles. The highest BCUT2D eigenvalue weighted by molar-refractivity contribution is 5.88. The second-order valence-electron chi connectivity index (χ2n) is 6.66. The number of rotatable bonds is 3. The van der Waals surface area contributed by atoms with Crippen molar-refractivity contribution in [3.63, 3.8) is 0 Å². The van der Waals surface area contributed by atoms with Gasteiger partial charge in [0.25, 0.3) is 0 Å². The average molecular weight is 292 g/mol. The second-order valence-corrected chi connectivity index (χ2v) is 6.66. The zero-order valence-electron chi connectivity index (χ0n) is 13.4. The Kier molecular flexibility index (Phi) is 5.83. The molecule has 2 rings (SSSR count). The topological polar surface area (TPSA) is 49.4 Å². The van der Waals surface area contributed by atoms with Crippen molar-refractivity contribution < 1.29 is 9.59 Å². The molecule has 2 aliphatic rings. The highest BCUT2D eigenvalue weighted by Gasteiger charge is 2.26. The van der Waals surface area contributed by atoms with Gasteiger partial charge in [0.05, 0.1) is 0 Å². The van der Waals surface area contributed by atoms with Crippen LogP contribution < -0.4 is 5.32 Å². The van der Waals surface area contributed by atoms with Crippen LogP contribution in [0.15, 0.2) is 11.6 Å². The fourth-order valence-corrected chi connectivity index (χ4v) is 3.27. The minimum atomic E-state index is 0.104. The summed E-state index contributed by atoms with van der Waals surface area (Å²) < 4.78 is 0. The lowest BCUT2D eigenvalue weighted by molar-refractivity contribution is -0.128. The molecule has 0 bridgehead atoms. The summed E-state index contributed by atoms with van der Waals surface area (Å²) in [7, 11) is 0. The van der Waals surface area contributed by atoms with Crippen molar-refractivity contribution in [3.8, 4) is 0 Å². The van der Waals surface area contributed by atoms with Gasteiger partial charge < -0.3 is 10.2 Å². The maximum atomic E-state index is 12.2. The van der Waals surface area contributed by atoms with E-state index in [0.29, 0.717) is 0 Å². The van der Waals surface area contributed by atoms with Crippen LogP contribution in [0.2, 0.25) is 0 Å². The van der Waals surface area contributed by atoms with E-state index in [1.165, 1.54) is 19.3 Å². The van der Waals surface area contributed by atoms with E-state index in [9.17, 15) is 9.59 Å². The maximum Gasteiger partial charge on any atom is 0.246 e. The molecule has 0 aromatic carbocycles. The van der Waals surface area contributed by atoms with E-state index in [0.717, 1.165) is 44.3 Å². The average Bonchev–Trinajstić information content (AvgIpc) is 2.48. The molecule has 118 valence electrons. The Morgan fingerprint density at radius 2 is 1.62 bits per heavy atom. The molecule has 0 unspecified atom stereocenters. The van der Waals surface area contributed by atoms with Crippen LogP contribution in [0, 0.1) is 5.92 Å². The first kappa shape index (κ1) is 16.1. The molecule has 1 heterocycles. The first-order chi connectivity index (χ1) is 10.1. The Labute approximate surface area is 128 Å². The third-order valence-corrected chi connectivity index (χ3v) is 4.54. The fraction of sp³-hybridized carbons (Fsp3) is 0.765. The Hall–Kier alpha value is -1.32. The number of allylic oxidation sites excluding steroid dienone is 1. The van der Waals surface area contributed by atoms with Crippen LogP contribution in [0.3, 0.4) is 0 Å². The lowest BCUT2D eigenvalue weighted by Crippen LogP contribution is -2.47. The van der Waals surface area contributed by atoms with Crippen LogP contribution in [-0.2, 0) is 9.59 Å². The van der Waals surface area contributed by atoms with Gasteiger partial charge in [-0.25, -0.2) is 0 Å². The van der Waals surface area contributed by atoms with E-state index in [-0.39, 0.29) is 23.8 Å². The molecule has 0 radical (unpaired) electrons. The van der Waals surface area contributed by atoms with Gasteiger partial charge in [0.2, 0.25) is 11.8 Å². The molecule has 0 atom stereocenters. The van der Waals surface area contributed by atoms with Gasteiger partial charge in [-0.15, -0.1) is 0 Å². The number of nitrogens with one attached hydrogen (secondary N) is 1. The van der Waals surface area contributed by atoms with Crippen molar-refractivity contribution >= 4 is 11.8 Å². The molecule has 2 amide bonds. The fourth-order valence-electron chi connectivity index (χ4n) is 3.27. The van der Waals surface area contributed by atoms with Crippen LogP contribution in [0.4, 0.5) is 0 Å². The van der Waals surface area contributed by atoms with Crippen molar-refractivity contribution in [2.24, 2.45) is 5.92 Å². The summed E-state index contributed by atoms with van der Waals surface area (Å²) in [5.74, 6) is 0.569. The monoisotopic (exact) mass is 292 g/mol. The van der Waals surface area contributed by atoms with Gasteiger partial charge in [-0.2, -0.15) is 0 Å². The van der Waals surface area contributed by atoms with Gasteiger partial charge >= 0.3 is 0 Å². The standard InChI is InChI=1S/C17H28N2O2/c1-13(2)12-16(20)19-10-8-15(9-11-19)18-17(21)14-6-4-3-5-7-14/h12,14-15H,3-11H2,1-2H3,(H,18,21). The molecule has 1 N–H and O–H groups in total. The smallest absolute Gasteiger partial charge is 0.246 e. The molecule has 1 saturated carbocycles. The first-order valence-corrected chi connectivity index (χ1v) is 8.30. The third-order valence-electron chi connectivity index (χ3n) is 4.54. The highest BCUT2D eigenvalue weighted by atomic mass is 16.2. The van der Waals surface area contributed by atoms with Crippen LogP contribution >= 0.6 is 0 Å². The number of hydrogen-bond donors (Lipinski definition) is 1. The Bertz CT molecular complexity index is 399. The molecule has 2 fully saturated rings.